The number of rotatable bonds is 6. The van der Waals surface area contributed by atoms with Gasteiger partial charge < -0.3 is 10.4 Å². The van der Waals surface area contributed by atoms with Crippen LogP contribution in [0.5, 0.6) is 0 Å². The highest BCUT2D eigenvalue weighted by Gasteiger charge is 2.13. The third kappa shape index (κ3) is 4.38. The molecule has 0 aliphatic heterocycles. The number of hydrogen-bond acceptors (Lipinski definition) is 4. The minimum Gasteiger partial charge on any atom is -0.481 e. The van der Waals surface area contributed by atoms with Gasteiger partial charge in [-0.1, -0.05) is 13.3 Å². The summed E-state index contributed by atoms with van der Waals surface area (Å²) in [7, 11) is 0. The van der Waals surface area contributed by atoms with Gasteiger partial charge in [-0.25, -0.2) is 4.98 Å². The Labute approximate surface area is 101 Å². The van der Waals surface area contributed by atoms with Crippen molar-refractivity contribution in [1.82, 2.24) is 9.97 Å². The van der Waals surface area contributed by atoms with E-state index in [0.29, 0.717) is 5.82 Å². The summed E-state index contributed by atoms with van der Waals surface area (Å²) in [4.78, 5) is 19.3. The SMILES string of the molecule is CCCC(CC(=O)O)Nc1cnc(C)c(C)n1. The number of nitrogens with one attached hydrogen (secondary N) is 1. The maximum atomic E-state index is 10.7. The van der Waals surface area contributed by atoms with Crippen LogP contribution in [-0.2, 0) is 4.79 Å². The van der Waals surface area contributed by atoms with Crippen molar-refractivity contribution < 1.29 is 9.90 Å². The van der Waals surface area contributed by atoms with Gasteiger partial charge in [-0.05, 0) is 20.3 Å². The Kier molecular flexibility index (Phi) is 4.87. The lowest BCUT2D eigenvalue weighted by molar-refractivity contribution is -0.137. The second-order valence-corrected chi connectivity index (χ2v) is 4.15. The summed E-state index contributed by atoms with van der Waals surface area (Å²) in [5.74, 6) is -0.152. The number of aromatic nitrogens is 2. The molecular formula is C12H19N3O2. The minimum atomic E-state index is -0.798. The summed E-state index contributed by atoms with van der Waals surface area (Å²) < 4.78 is 0. The first-order valence-corrected chi connectivity index (χ1v) is 5.81. The molecule has 1 aromatic rings. The van der Waals surface area contributed by atoms with Gasteiger partial charge in [0, 0.05) is 6.04 Å². The van der Waals surface area contributed by atoms with Crippen molar-refractivity contribution in [1.29, 1.82) is 0 Å². The largest absolute Gasteiger partial charge is 0.481 e. The maximum absolute atomic E-state index is 10.7. The molecule has 0 radical (unpaired) electrons. The lowest BCUT2D eigenvalue weighted by atomic mass is 10.1. The van der Waals surface area contributed by atoms with Crippen LogP contribution in [0.25, 0.3) is 0 Å². The molecule has 0 fully saturated rings. The monoisotopic (exact) mass is 237 g/mol. The van der Waals surface area contributed by atoms with E-state index in [9.17, 15) is 4.79 Å². The van der Waals surface area contributed by atoms with Crippen LogP contribution in [0.1, 0.15) is 37.6 Å². The first kappa shape index (κ1) is 13.4. The maximum Gasteiger partial charge on any atom is 0.305 e. The summed E-state index contributed by atoms with van der Waals surface area (Å²) in [5, 5.41) is 11.9. The molecule has 17 heavy (non-hydrogen) atoms. The molecule has 5 heteroatoms. The second-order valence-electron chi connectivity index (χ2n) is 4.15. The van der Waals surface area contributed by atoms with Gasteiger partial charge in [-0.15, -0.1) is 0 Å². The van der Waals surface area contributed by atoms with Crippen LogP contribution in [0.15, 0.2) is 6.20 Å². The van der Waals surface area contributed by atoms with Crippen LogP contribution in [0.3, 0.4) is 0 Å². The Hall–Kier alpha value is -1.65. The van der Waals surface area contributed by atoms with E-state index in [0.717, 1.165) is 24.2 Å². The molecule has 1 atom stereocenters. The Morgan fingerprint density at radius 2 is 2.18 bits per heavy atom. The molecule has 1 heterocycles. The molecule has 0 aliphatic rings. The smallest absolute Gasteiger partial charge is 0.305 e. The Morgan fingerprint density at radius 1 is 1.47 bits per heavy atom. The van der Waals surface area contributed by atoms with E-state index in [1.54, 1.807) is 6.20 Å². The van der Waals surface area contributed by atoms with E-state index < -0.39 is 5.97 Å². The highest BCUT2D eigenvalue weighted by atomic mass is 16.4. The number of nitrogens with zero attached hydrogens (tertiary/aromatic N) is 2. The van der Waals surface area contributed by atoms with Gasteiger partial charge in [-0.2, -0.15) is 0 Å². The average molecular weight is 237 g/mol. The van der Waals surface area contributed by atoms with Crippen molar-refractivity contribution in [2.45, 2.75) is 46.1 Å². The molecule has 1 unspecified atom stereocenters. The first-order valence-electron chi connectivity index (χ1n) is 5.81. The summed E-state index contributed by atoms with van der Waals surface area (Å²) in [6.07, 6.45) is 3.49. The van der Waals surface area contributed by atoms with Crippen LogP contribution < -0.4 is 5.32 Å². The highest BCUT2D eigenvalue weighted by Crippen LogP contribution is 2.11. The fraction of sp³-hybridized carbons (Fsp3) is 0.583. The lowest BCUT2D eigenvalue weighted by Gasteiger charge is -2.16. The fourth-order valence-corrected chi connectivity index (χ4v) is 1.61. The molecule has 0 amide bonds. The van der Waals surface area contributed by atoms with Crippen molar-refractivity contribution in [3.05, 3.63) is 17.6 Å². The molecule has 0 saturated heterocycles. The molecule has 2 N–H and O–H groups in total. The highest BCUT2D eigenvalue weighted by molar-refractivity contribution is 5.68. The predicted molar refractivity (Wildman–Crippen MR) is 66.1 cm³/mol. The zero-order valence-corrected chi connectivity index (χ0v) is 10.5. The van der Waals surface area contributed by atoms with E-state index in [-0.39, 0.29) is 12.5 Å². The van der Waals surface area contributed by atoms with Gasteiger partial charge in [0.05, 0.1) is 24.0 Å². The molecule has 1 rings (SSSR count). The number of aliphatic carboxylic acids is 1. The van der Waals surface area contributed by atoms with E-state index in [1.807, 2.05) is 20.8 Å². The van der Waals surface area contributed by atoms with Crippen molar-refractivity contribution in [3.8, 4) is 0 Å². The van der Waals surface area contributed by atoms with E-state index >= 15 is 0 Å². The normalized spacial score (nSPS) is 12.2. The number of carbonyl (C=O) groups is 1. The van der Waals surface area contributed by atoms with Crippen LogP contribution >= 0.6 is 0 Å². The Morgan fingerprint density at radius 3 is 2.71 bits per heavy atom. The average Bonchev–Trinajstić information content (AvgIpc) is 2.23. The van der Waals surface area contributed by atoms with Gasteiger partial charge in [0.25, 0.3) is 0 Å². The zero-order valence-electron chi connectivity index (χ0n) is 10.5. The third-order valence-corrected chi connectivity index (χ3v) is 2.60. The fourth-order valence-electron chi connectivity index (χ4n) is 1.61. The molecule has 0 saturated carbocycles. The molecule has 0 bridgehead atoms. The zero-order chi connectivity index (χ0) is 12.8. The van der Waals surface area contributed by atoms with Crippen LogP contribution in [0, 0.1) is 13.8 Å². The first-order chi connectivity index (χ1) is 8.02. The Bertz CT molecular complexity index is 393. The number of carboxylic acid groups (broad SMARTS) is 1. The number of carboxylic acids is 1. The molecule has 0 spiro atoms. The Balaban J connectivity index is 2.71. The summed E-state index contributed by atoms with van der Waals surface area (Å²) in [6, 6.07) is -0.0890. The van der Waals surface area contributed by atoms with Crippen molar-refractivity contribution in [3.63, 3.8) is 0 Å². The number of anilines is 1. The molecule has 94 valence electrons. The summed E-state index contributed by atoms with van der Waals surface area (Å²) >= 11 is 0. The van der Waals surface area contributed by atoms with E-state index in [4.69, 9.17) is 5.11 Å². The molecule has 0 aromatic carbocycles. The van der Waals surface area contributed by atoms with Crippen molar-refractivity contribution >= 4 is 11.8 Å². The summed E-state index contributed by atoms with van der Waals surface area (Å²) in [6.45, 7) is 5.81. The van der Waals surface area contributed by atoms with Gasteiger partial charge in [-0.3, -0.25) is 9.78 Å². The topological polar surface area (TPSA) is 75.1 Å². The molecular weight excluding hydrogens is 218 g/mol. The van der Waals surface area contributed by atoms with Crippen LogP contribution in [0.2, 0.25) is 0 Å². The predicted octanol–water partition coefficient (Wildman–Crippen LogP) is 2.15. The van der Waals surface area contributed by atoms with Crippen molar-refractivity contribution in [2.24, 2.45) is 0 Å². The minimum absolute atomic E-state index is 0.0890. The third-order valence-electron chi connectivity index (χ3n) is 2.60. The van der Waals surface area contributed by atoms with Crippen LogP contribution in [0.4, 0.5) is 5.82 Å². The number of hydrogen-bond donors (Lipinski definition) is 2. The van der Waals surface area contributed by atoms with Crippen molar-refractivity contribution in [2.75, 3.05) is 5.32 Å². The quantitative estimate of drug-likeness (QED) is 0.793. The lowest BCUT2D eigenvalue weighted by Crippen LogP contribution is -2.23. The van der Waals surface area contributed by atoms with E-state index in [2.05, 4.69) is 15.3 Å². The van der Waals surface area contributed by atoms with Gasteiger partial charge >= 0.3 is 5.97 Å². The standard InChI is InChI=1S/C12H19N3O2/c1-4-5-10(6-12(16)17)15-11-7-13-8(2)9(3)14-11/h7,10H,4-6H2,1-3H3,(H,14,15)(H,16,17). The molecule has 1 aromatic heterocycles. The molecule has 5 nitrogen and oxygen atoms in total. The second kappa shape index (κ2) is 6.18. The number of aryl methyl sites for hydroxylation is 2. The van der Waals surface area contributed by atoms with Gasteiger partial charge in [0.1, 0.15) is 5.82 Å². The van der Waals surface area contributed by atoms with Crippen LogP contribution in [-0.4, -0.2) is 27.1 Å². The molecule has 0 aliphatic carbocycles. The van der Waals surface area contributed by atoms with Gasteiger partial charge in [0.15, 0.2) is 0 Å². The summed E-state index contributed by atoms with van der Waals surface area (Å²) in [5.41, 5.74) is 1.75. The van der Waals surface area contributed by atoms with E-state index in [1.165, 1.54) is 0 Å². The van der Waals surface area contributed by atoms with Gasteiger partial charge in [0.2, 0.25) is 0 Å².